The van der Waals surface area contributed by atoms with E-state index >= 15 is 0 Å². The molecule has 0 aliphatic carbocycles. The number of aliphatic carboxylic acids is 1. The third-order valence-corrected chi connectivity index (χ3v) is 2.30. The Hall–Kier alpha value is -1.66. The number of hydrogen-bond acceptors (Lipinski definition) is 4. The van der Waals surface area contributed by atoms with Crippen LogP contribution >= 0.6 is 11.6 Å². The molecular weight excluding hydrogens is 232 g/mol. The summed E-state index contributed by atoms with van der Waals surface area (Å²) < 4.78 is 1.52. The average Bonchev–Trinajstić information content (AvgIpc) is 2.58. The number of fused-ring (bicyclic) bond motifs is 1. The molecule has 2 heterocycles. The molecule has 84 valence electrons. The van der Waals surface area contributed by atoms with Crippen molar-refractivity contribution in [2.75, 3.05) is 0 Å². The molecular formula is C9H9ClN4O2. The van der Waals surface area contributed by atoms with Crippen LogP contribution in [0.2, 0.25) is 5.02 Å². The lowest BCUT2D eigenvalue weighted by Gasteiger charge is -2.00. The van der Waals surface area contributed by atoms with Crippen LogP contribution in [0.1, 0.15) is 5.82 Å². The van der Waals surface area contributed by atoms with Crippen molar-refractivity contribution in [2.24, 2.45) is 5.73 Å². The zero-order chi connectivity index (χ0) is 11.7. The standard InChI is InChI=1S/C9H9ClN4O2/c10-5-1-2-14-8(3-5)12-7(13-14)4-6(11)9(15)16/h1-3,6H,4,11H2,(H,15,16). The van der Waals surface area contributed by atoms with E-state index in [-0.39, 0.29) is 6.42 Å². The van der Waals surface area contributed by atoms with Gasteiger partial charge in [-0.1, -0.05) is 11.6 Å². The molecule has 1 atom stereocenters. The second-order valence-electron chi connectivity index (χ2n) is 3.32. The maximum absolute atomic E-state index is 10.6. The molecule has 1 unspecified atom stereocenters. The summed E-state index contributed by atoms with van der Waals surface area (Å²) in [6, 6.07) is 2.32. The van der Waals surface area contributed by atoms with E-state index < -0.39 is 12.0 Å². The molecule has 16 heavy (non-hydrogen) atoms. The monoisotopic (exact) mass is 240 g/mol. The third kappa shape index (κ3) is 2.12. The van der Waals surface area contributed by atoms with Crippen molar-refractivity contribution in [2.45, 2.75) is 12.5 Å². The molecule has 0 fully saturated rings. The Kier molecular flexibility index (Phi) is 2.76. The topological polar surface area (TPSA) is 93.5 Å². The molecule has 2 aromatic heterocycles. The van der Waals surface area contributed by atoms with E-state index in [0.29, 0.717) is 16.5 Å². The van der Waals surface area contributed by atoms with Crippen molar-refractivity contribution in [3.63, 3.8) is 0 Å². The summed E-state index contributed by atoms with van der Waals surface area (Å²) in [5, 5.41) is 13.3. The Balaban J connectivity index is 2.29. The average molecular weight is 241 g/mol. The maximum Gasteiger partial charge on any atom is 0.320 e. The Bertz CT molecular complexity index is 539. The summed E-state index contributed by atoms with van der Waals surface area (Å²) in [5.41, 5.74) is 5.95. The number of nitrogens with zero attached hydrogens (tertiary/aromatic N) is 3. The summed E-state index contributed by atoms with van der Waals surface area (Å²) in [4.78, 5) is 14.7. The van der Waals surface area contributed by atoms with Crippen LogP contribution in [0.4, 0.5) is 0 Å². The fourth-order valence-corrected chi connectivity index (χ4v) is 1.43. The molecule has 0 aliphatic rings. The molecule has 2 rings (SSSR count). The van der Waals surface area contributed by atoms with Crippen molar-refractivity contribution in [1.82, 2.24) is 14.6 Å². The van der Waals surface area contributed by atoms with Gasteiger partial charge in [-0.3, -0.25) is 4.79 Å². The number of aromatic nitrogens is 3. The minimum absolute atomic E-state index is 0.0919. The van der Waals surface area contributed by atoms with Crippen molar-refractivity contribution < 1.29 is 9.90 Å². The van der Waals surface area contributed by atoms with Crippen molar-refractivity contribution in [3.8, 4) is 0 Å². The van der Waals surface area contributed by atoms with Gasteiger partial charge in [-0.25, -0.2) is 9.50 Å². The van der Waals surface area contributed by atoms with Crippen molar-refractivity contribution in [1.29, 1.82) is 0 Å². The zero-order valence-corrected chi connectivity index (χ0v) is 8.92. The molecule has 7 heteroatoms. The van der Waals surface area contributed by atoms with Crippen LogP contribution in [-0.4, -0.2) is 31.7 Å². The van der Waals surface area contributed by atoms with Crippen LogP contribution in [-0.2, 0) is 11.2 Å². The van der Waals surface area contributed by atoms with E-state index in [1.54, 1.807) is 18.3 Å². The second-order valence-corrected chi connectivity index (χ2v) is 3.76. The fourth-order valence-electron chi connectivity index (χ4n) is 1.27. The molecule has 3 N–H and O–H groups in total. The maximum atomic E-state index is 10.6. The summed E-state index contributed by atoms with van der Waals surface area (Å²) in [6.07, 6.45) is 1.75. The minimum Gasteiger partial charge on any atom is -0.480 e. The lowest BCUT2D eigenvalue weighted by molar-refractivity contribution is -0.138. The van der Waals surface area contributed by atoms with Gasteiger partial charge in [-0.2, -0.15) is 5.10 Å². The molecule has 0 spiro atoms. The van der Waals surface area contributed by atoms with E-state index in [4.69, 9.17) is 22.4 Å². The Morgan fingerprint density at radius 3 is 3.12 bits per heavy atom. The number of nitrogens with two attached hydrogens (primary N) is 1. The molecule has 6 nitrogen and oxygen atoms in total. The Morgan fingerprint density at radius 2 is 2.44 bits per heavy atom. The van der Waals surface area contributed by atoms with Gasteiger partial charge >= 0.3 is 5.97 Å². The molecule has 0 amide bonds. The first-order chi connectivity index (χ1) is 7.56. The lowest BCUT2D eigenvalue weighted by atomic mass is 10.2. The number of carbonyl (C=O) groups is 1. The molecule has 0 aliphatic heterocycles. The first-order valence-corrected chi connectivity index (χ1v) is 4.93. The van der Waals surface area contributed by atoms with Gasteiger partial charge in [0, 0.05) is 23.7 Å². The van der Waals surface area contributed by atoms with Gasteiger partial charge in [0.1, 0.15) is 6.04 Å². The van der Waals surface area contributed by atoms with Gasteiger partial charge in [0.2, 0.25) is 0 Å². The lowest BCUT2D eigenvalue weighted by Crippen LogP contribution is -2.32. The summed E-state index contributed by atoms with van der Waals surface area (Å²) >= 11 is 5.78. The number of carboxylic acids is 1. The number of carboxylic acid groups (broad SMARTS) is 1. The summed E-state index contributed by atoms with van der Waals surface area (Å²) in [5.74, 6) is -0.686. The van der Waals surface area contributed by atoms with Gasteiger partial charge in [0.15, 0.2) is 11.5 Å². The van der Waals surface area contributed by atoms with E-state index in [0.717, 1.165) is 0 Å². The smallest absolute Gasteiger partial charge is 0.320 e. The van der Waals surface area contributed by atoms with Crippen LogP contribution in [0.5, 0.6) is 0 Å². The van der Waals surface area contributed by atoms with Crippen molar-refractivity contribution in [3.05, 3.63) is 29.2 Å². The van der Waals surface area contributed by atoms with E-state index in [1.807, 2.05) is 0 Å². The quantitative estimate of drug-likeness (QED) is 0.807. The Morgan fingerprint density at radius 1 is 1.69 bits per heavy atom. The predicted molar refractivity (Wildman–Crippen MR) is 57.3 cm³/mol. The molecule has 0 bridgehead atoms. The van der Waals surface area contributed by atoms with Crippen LogP contribution in [0.3, 0.4) is 0 Å². The minimum atomic E-state index is -1.07. The third-order valence-electron chi connectivity index (χ3n) is 2.06. The molecule has 0 saturated heterocycles. The van der Waals surface area contributed by atoms with Gasteiger partial charge in [-0.15, -0.1) is 0 Å². The van der Waals surface area contributed by atoms with Gasteiger partial charge in [0.25, 0.3) is 0 Å². The van der Waals surface area contributed by atoms with Gasteiger partial charge in [-0.05, 0) is 6.07 Å². The van der Waals surface area contributed by atoms with E-state index in [2.05, 4.69) is 10.1 Å². The van der Waals surface area contributed by atoms with Gasteiger partial charge in [0.05, 0.1) is 0 Å². The first-order valence-electron chi connectivity index (χ1n) is 4.55. The Labute approximate surface area is 95.7 Å². The molecule has 0 aromatic carbocycles. The van der Waals surface area contributed by atoms with Crippen molar-refractivity contribution >= 4 is 23.2 Å². The highest BCUT2D eigenvalue weighted by Gasteiger charge is 2.15. The summed E-state index contributed by atoms with van der Waals surface area (Å²) in [6.45, 7) is 0. The number of halogens is 1. The highest BCUT2D eigenvalue weighted by atomic mass is 35.5. The van der Waals surface area contributed by atoms with E-state index in [1.165, 1.54) is 4.52 Å². The van der Waals surface area contributed by atoms with E-state index in [9.17, 15) is 4.79 Å². The highest BCUT2D eigenvalue weighted by molar-refractivity contribution is 6.30. The normalized spacial score (nSPS) is 12.9. The van der Waals surface area contributed by atoms with Crippen LogP contribution in [0.25, 0.3) is 5.65 Å². The largest absolute Gasteiger partial charge is 0.480 e. The van der Waals surface area contributed by atoms with Gasteiger partial charge < -0.3 is 10.8 Å². The second kappa shape index (κ2) is 4.07. The zero-order valence-electron chi connectivity index (χ0n) is 8.17. The van der Waals surface area contributed by atoms with Crippen LogP contribution in [0.15, 0.2) is 18.3 Å². The number of hydrogen-bond donors (Lipinski definition) is 2. The fraction of sp³-hybridized carbons (Fsp3) is 0.222. The highest BCUT2D eigenvalue weighted by Crippen LogP contribution is 2.10. The summed E-state index contributed by atoms with van der Waals surface area (Å²) in [7, 11) is 0. The molecule has 0 saturated carbocycles. The van der Waals surface area contributed by atoms with Crippen LogP contribution in [0, 0.1) is 0 Å². The molecule has 2 aromatic rings. The van der Waals surface area contributed by atoms with Crippen LogP contribution < -0.4 is 5.73 Å². The first kappa shape index (κ1) is 10.8. The number of pyridine rings is 1. The predicted octanol–water partition coefficient (Wildman–Crippen LogP) is 0.337. The number of rotatable bonds is 3. The SMILES string of the molecule is NC(Cc1nc2cc(Cl)ccn2n1)C(=O)O. The molecule has 0 radical (unpaired) electrons.